The van der Waals surface area contributed by atoms with Crippen molar-refractivity contribution in [1.82, 2.24) is 0 Å². The molecule has 2 heteroatoms. The molecule has 0 atom stereocenters. The highest BCUT2D eigenvalue weighted by Gasteiger charge is 2.13. The Morgan fingerprint density at radius 1 is 1.21 bits per heavy atom. The van der Waals surface area contributed by atoms with E-state index in [9.17, 15) is 4.79 Å². The van der Waals surface area contributed by atoms with Crippen molar-refractivity contribution in [3.05, 3.63) is 40.5 Å². The van der Waals surface area contributed by atoms with Gasteiger partial charge < -0.3 is 0 Å². The molecule has 0 N–H and O–H groups in total. The molecule has 0 heterocycles. The minimum Gasteiger partial charge on any atom is -0.234 e. The summed E-state index contributed by atoms with van der Waals surface area (Å²) >= 11 is 0. The summed E-state index contributed by atoms with van der Waals surface area (Å²) in [6.45, 7) is 0. The fraction of sp³-hybridized carbons (Fsp3) is 0.250. The number of allylic oxidation sites excluding steroid dienone is 1. The van der Waals surface area contributed by atoms with E-state index < -0.39 is 0 Å². The van der Waals surface area contributed by atoms with Crippen molar-refractivity contribution < 1.29 is 4.79 Å². The normalized spacial score (nSPS) is 14.1. The van der Waals surface area contributed by atoms with Crippen molar-refractivity contribution >= 4 is 5.94 Å². The summed E-state index contributed by atoms with van der Waals surface area (Å²) < 4.78 is 0. The molecular weight excluding hydrogens is 174 g/mol. The van der Waals surface area contributed by atoms with Gasteiger partial charge in [0.2, 0.25) is 0 Å². The van der Waals surface area contributed by atoms with Crippen LogP contribution in [0, 0.1) is 11.3 Å². The van der Waals surface area contributed by atoms with Crippen molar-refractivity contribution in [2.24, 2.45) is 0 Å². The van der Waals surface area contributed by atoms with E-state index >= 15 is 0 Å². The van der Waals surface area contributed by atoms with E-state index in [4.69, 9.17) is 5.26 Å². The van der Waals surface area contributed by atoms with Crippen LogP contribution in [0.2, 0.25) is 0 Å². The smallest absolute Gasteiger partial charge is 0.123 e. The van der Waals surface area contributed by atoms with Crippen molar-refractivity contribution in [1.29, 1.82) is 5.26 Å². The number of aryl methyl sites for hydroxylation is 1. The van der Waals surface area contributed by atoms with E-state index in [1.54, 1.807) is 0 Å². The second-order valence-corrected chi connectivity index (χ2v) is 3.48. The van der Waals surface area contributed by atoms with Crippen LogP contribution in [0.4, 0.5) is 0 Å². The molecule has 2 nitrogen and oxygen atoms in total. The Hall–Kier alpha value is -1.84. The van der Waals surface area contributed by atoms with Crippen LogP contribution in [0.15, 0.2) is 23.8 Å². The zero-order valence-electron chi connectivity index (χ0n) is 7.71. The molecule has 1 aromatic carbocycles. The van der Waals surface area contributed by atoms with Gasteiger partial charge in [-0.15, -0.1) is 0 Å². The Balaban J connectivity index is 2.45. The van der Waals surface area contributed by atoms with Gasteiger partial charge in [0.1, 0.15) is 5.94 Å². The van der Waals surface area contributed by atoms with Crippen LogP contribution in [0.3, 0.4) is 0 Å². The van der Waals surface area contributed by atoms with E-state index in [-0.39, 0.29) is 0 Å². The quantitative estimate of drug-likeness (QED) is 0.575. The topological polar surface area (TPSA) is 40.9 Å². The predicted molar refractivity (Wildman–Crippen MR) is 52.4 cm³/mol. The van der Waals surface area contributed by atoms with Gasteiger partial charge in [0, 0.05) is 12.0 Å². The maximum Gasteiger partial charge on any atom is 0.123 e. The Bertz CT molecular complexity index is 462. The lowest BCUT2D eigenvalue weighted by Gasteiger charge is -2.15. The number of hydrogen-bond acceptors (Lipinski definition) is 2. The van der Waals surface area contributed by atoms with Gasteiger partial charge in [-0.2, -0.15) is 5.26 Å². The summed E-state index contributed by atoms with van der Waals surface area (Å²) in [4.78, 5) is 10.5. The molecule has 14 heavy (non-hydrogen) atoms. The first-order chi connectivity index (χ1) is 6.83. The van der Waals surface area contributed by atoms with E-state index in [1.165, 1.54) is 5.56 Å². The summed E-state index contributed by atoms with van der Waals surface area (Å²) in [6, 6.07) is 7.78. The summed E-state index contributed by atoms with van der Waals surface area (Å²) in [5, 5.41) is 8.73. The maximum atomic E-state index is 10.5. The average molecular weight is 183 g/mol. The average Bonchev–Trinajstić information content (AvgIpc) is 2.27. The van der Waals surface area contributed by atoms with Crippen LogP contribution in [0.25, 0.3) is 0 Å². The number of benzene rings is 1. The van der Waals surface area contributed by atoms with Crippen LogP contribution < -0.4 is 0 Å². The molecule has 0 spiro atoms. The van der Waals surface area contributed by atoms with Gasteiger partial charge >= 0.3 is 0 Å². The van der Waals surface area contributed by atoms with Gasteiger partial charge in [-0.3, -0.25) is 0 Å². The van der Waals surface area contributed by atoms with Gasteiger partial charge in [0.25, 0.3) is 0 Å². The SMILES string of the molecule is N#Cc1ccc2c(c1)CC(=C=O)CC2. The molecular formula is C12H9NO. The summed E-state index contributed by atoms with van der Waals surface area (Å²) in [7, 11) is 0. The third kappa shape index (κ3) is 1.46. The standard InChI is InChI=1S/C12H9NO/c13-7-9-1-3-11-4-2-10(8-14)6-12(11)5-9/h1,3,5H,2,4,6H2. The van der Waals surface area contributed by atoms with Crippen LogP contribution in [-0.4, -0.2) is 5.94 Å². The second kappa shape index (κ2) is 3.49. The number of nitriles is 1. The molecule has 0 saturated heterocycles. The number of nitrogens with zero attached hydrogens (tertiary/aromatic N) is 1. The molecule has 1 aliphatic carbocycles. The molecule has 68 valence electrons. The first-order valence-corrected chi connectivity index (χ1v) is 4.58. The van der Waals surface area contributed by atoms with Gasteiger partial charge in [0.15, 0.2) is 0 Å². The molecule has 1 aromatic rings. The van der Waals surface area contributed by atoms with Crippen molar-refractivity contribution in [2.45, 2.75) is 19.3 Å². The lowest BCUT2D eigenvalue weighted by atomic mass is 9.88. The van der Waals surface area contributed by atoms with Gasteiger partial charge in [0.05, 0.1) is 11.6 Å². The molecule has 1 aliphatic rings. The molecule has 0 fully saturated rings. The molecule has 2 rings (SSSR count). The van der Waals surface area contributed by atoms with Crippen LogP contribution in [-0.2, 0) is 17.6 Å². The fourth-order valence-corrected chi connectivity index (χ4v) is 1.79. The van der Waals surface area contributed by atoms with E-state index in [0.717, 1.165) is 24.0 Å². The predicted octanol–water partition coefficient (Wildman–Crippen LogP) is 1.80. The number of hydrogen-bond donors (Lipinski definition) is 0. The maximum absolute atomic E-state index is 10.5. The van der Waals surface area contributed by atoms with Crippen molar-refractivity contribution in [2.75, 3.05) is 0 Å². The summed E-state index contributed by atoms with van der Waals surface area (Å²) in [6.07, 6.45) is 2.36. The highest BCUT2D eigenvalue weighted by atomic mass is 16.1. The van der Waals surface area contributed by atoms with Crippen molar-refractivity contribution in [3.8, 4) is 6.07 Å². The number of carbonyl (C=O) groups excluding carboxylic acids is 1. The molecule has 0 unspecified atom stereocenters. The van der Waals surface area contributed by atoms with Gasteiger partial charge in [-0.05, 0) is 36.1 Å². The molecule has 0 saturated carbocycles. The Morgan fingerprint density at radius 2 is 2.07 bits per heavy atom. The zero-order chi connectivity index (χ0) is 9.97. The Morgan fingerprint density at radius 3 is 2.79 bits per heavy atom. The lowest BCUT2D eigenvalue weighted by Crippen LogP contribution is -2.06. The minimum atomic E-state index is 0.661. The third-order valence-electron chi connectivity index (χ3n) is 2.58. The van der Waals surface area contributed by atoms with Gasteiger partial charge in [-0.25, -0.2) is 4.79 Å². The van der Waals surface area contributed by atoms with E-state index in [2.05, 4.69) is 6.07 Å². The fourth-order valence-electron chi connectivity index (χ4n) is 1.79. The first kappa shape index (κ1) is 8.74. The minimum absolute atomic E-state index is 0.661. The highest BCUT2D eigenvalue weighted by molar-refractivity contribution is 5.56. The van der Waals surface area contributed by atoms with E-state index in [0.29, 0.717) is 12.0 Å². The van der Waals surface area contributed by atoms with Crippen LogP contribution >= 0.6 is 0 Å². The molecule has 0 amide bonds. The largest absolute Gasteiger partial charge is 0.234 e. The first-order valence-electron chi connectivity index (χ1n) is 4.58. The zero-order valence-corrected chi connectivity index (χ0v) is 7.71. The van der Waals surface area contributed by atoms with Crippen LogP contribution in [0.1, 0.15) is 23.1 Å². The lowest BCUT2D eigenvalue weighted by molar-refractivity contribution is 0.564. The Kier molecular flexibility index (Phi) is 2.18. The van der Waals surface area contributed by atoms with E-state index in [1.807, 2.05) is 24.1 Å². The third-order valence-corrected chi connectivity index (χ3v) is 2.58. The number of rotatable bonds is 0. The Labute approximate surface area is 82.5 Å². The highest BCUT2D eigenvalue weighted by Crippen LogP contribution is 2.24. The number of fused-ring (bicyclic) bond motifs is 1. The molecule has 0 radical (unpaired) electrons. The summed E-state index contributed by atoms with van der Waals surface area (Å²) in [5.41, 5.74) is 3.83. The second-order valence-electron chi connectivity index (χ2n) is 3.48. The molecule has 0 aliphatic heterocycles. The van der Waals surface area contributed by atoms with Gasteiger partial charge in [-0.1, -0.05) is 6.07 Å². The molecule has 0 aromatic heterocycles. The monoisotopic (exact) mass is 183 g/mol. The van der Waals surface area contributed by atoms with Crippen LogP contribution in [0.5, 0.6) is 0 Å². The van der Waals surface area contributed by atoms with Crippen molar-refractivity contribution in [3.63, 3.8) is 0 Å². The summed E-state index contributed by atoms with van der Waals surface area (Å²) in [5.74, 6) is 1.97. The molecule has 0 bridgehead atoms.